The van der Waals surface area contributed by atoms with Crippen molar-refractivity contribution in [3.05, 3.63) is 41.5 Å². The third-order valence-electron chi connectivity index (χ3n) is 6.02. The SMILES string of the molecule is CCCCC[C@H](O)/C=C/[C@@H]1[C@H]2c3cccc(CCCC(N)=O)c3O[C@H]2C[C@H]1O. The first-order valence-corrected chi connectivity index (χ1v) is 10.6. The number of ether oxygens (including phenoxy) is 1. The van der Waals surface area contributed by atoms with Crippen LogP contribution in [-0.4, -0.2) is 34.4 Å². The summed E-state index contributed by atoms with van der Waals surface area (Å²) in [5.41, 5.74) is 7.48. The first kappa shape index (κ1) is 20.9. The molecule has 0 aromatic heterocycles. The van der Waals surface area contributed by atoms with Gasteiger partial charge < -0.3 is 20.7 Å². The molecule has 1 fully saturated rings. The number of benzene rings is 1. The molecule has 3 rings (SSSR count). The van der Waals surface area contributed by atoms with E-state index in [4.69, 9.17) is 10.5 Å². The second kappa shape index (κ2) is 9.57. The fourth-order valence-electron chi connectivity index (χ4n) is 4.57. The van der Waals surface area contributed by atoms with Gasteiger partial charge in [-0.25, -0.2) is 0 Å². The lowest BCUT2D eigenvalue weighted by atomic mass is 9.86. The van der Waals surface area contributed by atoms with E-state index < -0.39 is 12.2 Å². The number of rotatable bonds is 10. The van der Waals surface area contributed by atoms with Crippen LogP contribution in [0.5, 0.6) is 5.75 Å². The van der Waals surface area contributed by atoms with Crippen molar-refractivity contribution in [2.24, 2.45) is 11.7 Å². The molecule has 1 heterocycles. The van der Waals surface area contributed by atoms with Gasteiger partial charge in [0.1, 0.15) is 11.9 Å². The zero-order chi connectivity index (χ0) is 20.1. The molecule has 1 aliphatic carbocycles. The summed E-state index contributed by atoms with van der Waals surface area (Å²) in [6, 6.07) is 6.14. The Kier molecular flexibility index (Phi) is 7.13. The van der Waals surface area contributed by atoms with Crippen molar-refractivity contribution in [1.29, 1.82) is 0 Å². The van der Waals surface area contributed by atoms with Crippen molar-refractivity contribution in [3.63, 3.8) is 0 Å². The highest BCUT2D eigenvalue weighted by Gasteiger charge is 2.48. The molecule has 1 aliphatic heterocycles. The van der Waals surface area contributed by atoms with Gasteiger partial charge in [-0.3, -0.25) is 4.79 Å². The van der Waals surface area contributed by atoms with E-state index in [9.17, 15) is 15.0 Å². The molecular weight excluding hydrogens is 354 g/mol. The van der Waals surface area contributed by atoms with Crippen molar-refractivity contribution in [2.45, 2.75) is 82.5 Å². The Hall–Kier alpha value is -1.85. The Morgan fingerprint density at radius 3 is 2.93 bits per heavy atom. The van der Waals surface area contributed by atoms with Crippen molar-refractivity contribution < 1.29 is 19.7 Å². The number of fused-ring (bicyclic) bond motifs is 3. The maximum atomic E-state index is 11.0. The molecule has 1 aromatic carbocycles. The second-order valence-corrected chi connectivity index (χ2v) is 8.17. The van der Waals surface area contributed by atoms with Gasteiger partial charge in [0, 0.05) is 30.2 Å². The van der Waals surface area contributed by atoms with Crippen LogP contribution in [0.4, 0.5) is 0 Å². The van der Waals surface area contributed by atoms with Gasteiger partial charge in [0.15, 0.2) is 0 Å². The van der Waals surface area contributed by atoms with Gasteiger partial charge in [-0.2, -0.15) is 0 Å². The van der Waals surface area contributed by atoms with Crippen LogP contribution in [0.25, 0.3) is 0 Å². The van der Waals surface area contributed by atoms with Gasteiger partial charge in [0.2, 0.25) is 5.91 Å². The van der Waals surface area contributed by atoms with E-state index >= 15 is 0 Å². The molecule has 2 aliphatic rings. The minimum atomic E-state index is -0.459. The number of carbonyl (C=O) groups is 1. The lowest BCUT2D eigenvalue weighted by Crippen LogP contribution is -2.17. The number of amides is 1. The minimum absolute atomic E-state index is 0.0332. The number of primary amides is 1. The molecule has 1 aromatic rings. The quantitative estimate of drug-likeness (QED) is 0.424. The molecule has 0 spiro atoms. The number of carbonyl (C=O) groups excluding carboxylic acids is 1. The van der Waals surface area contributed by atoms with Gasteiger partial charge in [-0.1, -0.05) is 56.5 Å². The Labute approximate surface area is 167 Å². The summed E-state index contributed by atoms with van der Waals surface area (Å²) >= 11 is 0. The van der Waals surface area contributed by atoms with E-state index in [1.54, 1.807) is 0 Å². The van der Waals surface area contributed by atoms with Crippen molar-refractivity contribution >= 4 is 5.91 Å². The Bertz CT molecular complexity index is 702. The lowest BCUT2D eigenvalue weighted by molar-refractivity contribution is -0.118. The molecule has 5 heteroatoms. The highest BCUT2D eigenvalue weighted by Crippen LogP contribution is 2.52. The van der Waals surface area contributed by atoms with Crippen LogP contribution in [0.15, 0.2) is 30.4 Å². The largest absolute Gasteiger partial charge is 0.489 e. The Morgan fingerprint density at radius 1 is 1.36 bits per heavy atom. The molecule has 5 nitrogen and oxygen atoms in total. The number of hydrogen-bond acceptors (Lipinski definition) is 4. The van der Waals surface area contributed by atoms with Gasteiger partial charge in [-0.15, -0.1) is 0 Å². The molecule has 5 atom stereocenters. The number of nitrogens with two attached hydrogens (primary N) is 1. The van der Waals surface area contributed by atoms with E-state index in [2.05, 4.69) is 13.0 Å². The highest BCUT2D eigenvalue weighted by atomic mass is 16.5. The number of unbranched alkanes of at least 4 members (excludes halogenated alkanes) is 2. The topological polar surface area (TPSA) is 92.8 Å². The molecule has 154 valence electrons. The maximum Gasteiger partial charge on any atom is 0.217 e. The molecule has 1 amide bonds. The molecule has 1 saturated carbocycles. The summed E-state index contributed by atoms with van der Waals surface area (Å²) in [7, 11) is 0. The van der Waals surface area contributed by atoms with Crippen molar-refractivity contribution in [1.82, 2.24) is 0 Å². The fourth-order valence-corrected chi connectivity index (χ4v) is 4.57. The number of hydrogen-bond donors (Lipinski definition) is 3. The summed E-state index contributed by atoms with van der Waals surface area (Å²) in [6.45, 7) is 2.15. The predicted molar refractivity (Wildman–Crippen MR) is 109 cm³/mol. The summed E-state index contributed by atoms with van der Waals surface area (Å²) in [6.07, 6.45) is 9.36. The third-order valence-corrected chi connectivity index (χ3v) is 6.02. The summed E-state index contributed by atoms with van der Waals surface area (Å²) in [5.74, 6) is 0.695. The standard InChI is InChI=1S/C23H33NO4/c1-2-3-4-9-16(25)12-13-17-19(26)14-20-22(17)18-10-5-7-15(23(18)28-20)8-6-11-21(24)27/h5,7,10,12-13,16-17,19-20,22,25-26H,2-4,6,8-9,11,14H2,1H3,(H2,24,27)/b13-12+/t16-,17-,19+,20-,22-/m0/s1. The van der Waals surface area contributed by atoms with E-state index in [0.29, 0.717) is 19.3 Å². The second-order valence-electron chi connectivity index (χ2n) is 8.17. The van der Waals surface area contributed by atoms with Crippen LogP contribution in [-0.2, 0) is 11.2 Å². The van der Waals surface area contributed by atoms with Crippen LogP contribution in [0.1, 0.15) is 68.9 Å². The molecule has 0 unspecified atom stereocenters. The smallest absolute Gasteiger partial charge is 0.217 e. The van der Waals surface area contributed by atoms with Gasteiger partial charge in [0.25, 0.3) is 0 Å². The molecular formula is C23H33NO4. The van der Waals surface area contributed by atoms with E-state index in [1.807, 2.05) is 24.3 Å². The summed E-state index contributed by atoms with van der Waals surface area (Å²) in [4.78, 5) is 11.0. The maximum absolute atomic E-state index is 11.0. The average Bonchev–Trinajstić information content (AvgIpc) is 3.15. The molecule has 0 saturated heterocycles. The van der Waals surface area contributed by atoms with Crippen molar-refractivity contribution in [3.8, 4) is 5.75 Å². The van der Waals surface area contributed by atoms with Crippen LogP contribution in [0, 0.1) is 5.92 Å². The predicted octanol–water partition coefficient (Wildman–Crippen LogP) is 3.22. The summed E-state index contributed by atoms with van der Waals surface area (Å²) in [5, 5.41) is 20.8. The fraction of sp³-hybridized carbons (Fsp3) is 0.609. The lowest BCUT2D eigenvalue weighted by Gasteiger charge is -2.18. The number of para-hydroxylation sites is 1. The number of aliphatic hydroxyl groups excluding tert-OH is 2. The van der Waals surface area contributed by atoms with Crippen LogP contribution >= 0.6 is 0 Å². The van der Waals surface area contributed by atoms with Crippen molar-refractivity contribution in [2.75, 3.05) is 0 Å². The van der Waals surface area contributed by atoms with Crippen LogP contribution < -0.4 is 10.5 Å². The molecule has 0 bridgehead atoms. The van der Waals surface area contributed by atoms with Crippen LogP contribution in [0.2, 0.25) is 0 Å². The first-order valence-electron chi connectivity index (χ1n) is 10.6. The zero-order valence-corrected chi connectivity index (χ0v) is 16.7. The van der Waals surface area contributed by atoms with Gasteiger partial charge in [0.05, 0.1) is 12.2 Å². The Balaban J connectivity index is 1.70. The molecule has 28 heavy (non-hydrogen) atoms. The Morgan fingerprint density at radius 2 is 2.18 bits per heavy atom. The third kappa shape index (κ3) is 4.76. The summed E-state index contributed by atoms with van der Waals surface area (Å²) < 4.78 is 6.23. The van der Waals surface area contributed by atoms with Gasteiger partial charge in [-0.05, 0) is 24.8 Å². The monoisotopic (exact) mass is 387 g/mol. The minimum Gasteiger partial charge on any atom is -0.489 e. The van der Waals surface area contributed by atoms with E-state index in [-0.39, 0.29) is 23.8 Å². The number of aryl methyl sites for hydroxylation is 1. The molecule has 0 radical (unpaired) electrons. The van der Waals surface area contributed by atoms with Gasteiger partial charge >= 0.3 is 0 Å². The van der Waals surface area contributed by atoms with E-state index in [0.717, 1.165) is 49.0 Å². The normalized spacial score (nSPS) is 26.8. The first-order chi connectivity index (χ1) is 13.5. The van der Waals surface area contributed by atoms with Crippen LogP contribution in [0.3, 0.4) is 0 Å². The average molecular weight is 388 g/mol. The van der Waals surface area contributed by atoms with E-state index in [1.165, 1.54) is 0 Å². The highest BCUT2D eigenvalue weighted by molar-refractivity contribution is 5.73. The number of aliphatic hydroxyl groups is 2. The molecule has 4 N–H and O–H groups in total. The zero-order valence-electron chi connectivity index (χ0n) is 16.7.